The minimum atomic E-state index is -0.353. The van der Waals surface area contributed by atoms with Crippen LogP contribution in [0.5, 0.6) is 5.75 Å². The van der Waals surface area contributed by atoms with Crippen LogP contribution in [0, 0.1) is 5.41 Å². The van der Waals surface area contributed by atoms with E-state index in [9.17, 15) is 14.7 Å². The number of Topliss-reactive ketones (excluding diaryl/α,β-unsaturated/α-hetero) is 1. The van der Waals surface area contributed by atoms with Crippen LogP contribution < -0.4 is 10.9 Å². The molecule has 0 unspecified atom stereocenters. The molecule has 0 aliphatic carbocycles. The third-order valence-corrected chi connectivity index (χ3v) is 7.36. The maximum Gasteiger partial charge on any atom is 0.325 e. The van der Waals surface area contributed by atoms with E-state index in [1.165, 1.54) is 0 Å². The summed E-state index contributed by atoms with van der Waals surface area (Å²) in [5.41, 5.74) is 4.95. The molecular formula is C34H42N4O4. The Labute approximate surface area is 247 Å². The lowest BCUT2D eigenvalue weighted by Crippen LogP contribution is -2.28. The standard InChI is InChI=1S/C34H42N4O4/c1-8-42-30(40)19-36-24-15-13-22(14-16-24)20-37-27-11-9-10-12-28(27)38(32(37)35)21-29(39)23-17-25(33(2,3)4)31(41)26(18-23)34(5,6)7/h9-18,35-36,41H,8,19-21H2,1-7H3. The molecule has 3 aromatic carbocycles. The summed E-state index contributed by atoms with van der Waals surface area (Å²) < 4.78 is 8.60. The van der Waals surface area contributed by atoms with E-state index in [0.29, 0.717) is 18.7 Å². The number of ether oxygens (including phenoxy) is 1. The Bertz CT molecular complexity index is 1630. The maximum atomic E-state index is 13.8. The van der Waals surface area contributed by atoms with E-state index in [4.69, 9.17) is 10.1 Å². The molecule has 0 atom stereocenters. The number of benzene rings is 3. The fourth-order valence-electron chi connectivity index (χ4n) is 5.09. The molecule has 0 aliphatic rings. The van der Waals surface area contributed by atoms with E-state index >= 15 is 0 Å². The van der Waals surface area contributed by atoms with Gasteiger partial charge in [0.2, 0.25) is 5.62 Å². The quantitative estimate of drug-likeness (QED) is 0.166. The number of carbonyl (C=O) groups excluding carboxylic acids is 2. The SMILES string of the molecule is CCOC(=O)CNc1ccc(Cn2c(=N)n(CC(=O)c3cc(C(C)(C)C)c(O)c(C(C)(C)C)c3)c3ccccc32)cc1. The summed E-state index contributed by atoms with van der Waals surface area (Å²) in [4.78, 5) is 25.4. The summed E-state index contributed by atoms with van der Waals surface area (Å²) in [6.45, 7) is 14.8. The van der Waals surface area contributed by atoms with Gasteiger partial charge in [-0.05, 0) is 59.7 Å². The van der Waals surface area contributed by atoms with Crippen LogP contribution in [0.1, 0.15) is 75.5 Å². The molecule has 0 fully saturated rings. The lowest BCUT2D eigenvalue weighted by Gasteiger charge is -2.28. The number of nitrogens with zero attached hydrogens (tertiary/aromatic N) is 2. The largest absolute Gasteiger partial charge is 0.507 e. The Morgan fingerprint density at radius 1 is 0.881 bits per heavy atom. The first kappa shape index (κ1) is 30.6. The summed E-state index contributed by atoms with van der Waals surface area (Å²) in [7, 11) is 0. The van der Waals surface area contributed by atoms with Crippen LogP contribution in [-0.2, 0) is 33.5 Å². The van der Waals surface area contributed by atoms with Gasteiger partial charge in [-0.25, -0.2) is 0 Å². The Morgan fingerprint density at radius 2 is 1.43 bits per heavy atom. The zero-order valence-corrected chi connectivity index (χ0v) is 25.7. The minimum absolute atomic E-state index is 0.000997. The van der Waals surface area contributed by atoms with Gasteiger partial charge >= 0.3 is 5.97 Å². The highest BCUT2D eigenvalue weighted by Crippen LogP contribution is 2.40. The van der Waals surface area contributed by atoms with Crippen LogP contribution in [0.3, 0.4) is 0 Å². The van der Waals surface area contributed by atoms with Crippen LogP contribution in [0.15, 0.2) is 60.7 Å². The van der Waals surface area contributed by atoms with Gasteiger partial charge in [-0.2, -0.15) is 0 Å². The molecule has 0 saturated heterocycles. The topological polar surface area (TPSA) is 109 Å². The Kier molecular flexibility index (Phi) is 8.66. The number of para-hydroxylation sites is 2. The maximum absolute atomic E-state index is 13.8. The fourth-order valence-corrected chi connectivity index (χ4v) is 5.09. The second-order valence-electron chi connectivity index (χ2n) is 12.7. The van der Waals surface area contributed by atoms with Gasteiger partial charge in [-0.3, -0.25) is 15.0 Å². The van der Waals surface area contributed by atoms with Crippen LogP contribution in [0.4, 0.5) is 5.69 Å². The molecule has 0 amide bonds. The van der Waals surface area contributed by atoms with Gasteiger partial charge in [0.05, 0.1) is 30.7 Å². The number of aromatic nitrogens is 2. The molecule has 0 saturated carbocycles. The number of rotatable bonds is 9. The number of nitrogens with one attached hydrogen (secondary N) is 2. The van der Waals surface area contributed by atoms with Crippen molar-refractivity contribution in [3.63, 3.8) is 0 Å². The molecular weight excluding hydrogens is 528 g/mol. The van der Waals surface area contributed by atoms with Gasteiger partial charge in [0.25, 0.3) is 0 Å². The number of anilines is 1. The Hall–Kier alpha value is -4.33. The number of hydrogen-bond acceptors (Lipinski definition) is 6. The first-order valence-corrected chi connectivity index (χ1v) is 14.3. The van der Waals surface area contributed by atoms with Crippen LogP contribution in [-0.4, -0.2) is 39.1 Å². The van der Waals surface area contributed by atoms with E-state index in [0.717, 1.165) is 33.4 Å². The highest BCUT2D eigenvalue weighted by atomic mass is 16.5. The predicted octanol–water partition coefficient (Wildman–Crippen LogP) is 6.13. The van der Waals surface area contributed by atoms with Crippen LogP contribution in [0.25, 0.3) is 11.0 Å². The highest BCUT2D eigenvalue weighted by molar-refractivity contribution is 5.97. The number of carbonyl (C=O) groups is 2. The van der Waals surface area contributed by atoms with E-state index < -0.39 is 0 Å². The van der Waals surface area contributed by atoms with Crippen molar-refractivity contribution in [1.82, 2.24) is 9.13 Å². The highest BCUT2D eigenvalue weighted by Gasteiger charge is 2.28. The molecule has 3 N–H and O–H groups in total. The average Bonchev–Trinajstić information content (AvgIpc) is 3.17. The molecule has 1 heterocycles. The van der Waals surface area contributed by atoms with Crippen molar-refractivity contribution in [3.05, 3.63) is 88.5 Å². The minimum Gasteiger partial charge on any atom is -0.507 e. The zero-order chi connectivity index (χ0) is 30.8. The summed E-state index contributed by atoms with van der Waals surface area (Å²) in [6, 6.07) is 19.0. The van der Waals surface area contributed by atoms with Crippen LogP contribution in [0.2, 0.25) is 0 Å². The molecule has 0 spiro atoms. The number of fused-ring (bicyclic) bond motifs is 1. The molecule has 8 nitrogen and oxygen atoms in total. The van der Waals surface area contributed by atoms with Crippen molar-refractivity contribution in [1.29, 1.82) is 5.41 Å². The van der Waals surface area contributed by atoms with Gasteiger partial charge in [0, 0.05) is 22.4 Å². The number of ketones is 1. The molecule has 222 valence electrons. The van der Waals surface area contributed by atoms with Gasteiger partial charge < -0.3 is 24.3 Å². The van der Waals surface area contributed by atoms with Gasteiger partial charge in [-0.15, -0.1) is 0 Å². The molecule has 0 aliphatic heterocycles. The number of aromatic hydroxyl groups is 1. The van der Waals surface area contributed by atoms with Gasteiger partial charge in [0.1, 0.15) is 12.3 Å². The zero-order valence-electron chi connectivity index (χ0n) is 25.7. The number of esters is 1. The molecule has 0 radical (unpaired) electrons. The molecule has 42 heavy (non-hydrogen) atoms. The molecule has 1 aromatic heterocycles. The van der Waals surface area contributed by atoms with E-state index in [1.807, 2.05) is 94.6 Å². The normalized spacial score (nSPS) is 12.0. The smallest absolute Gasteiger partial charge is 0.325 e. The molecule has 4 aromatic rings. The number of phenolic OH excluding ortho intramolecular Hbond substituents is 1. The van der Waals surface area contributed by atoms with E-state index in [1.54, 1.807) is 23.6 Å². The average molecular weight is 571 g/mol. The van der Waals surface area contributed by atoms with E-state index in [2.05, 4.69) is 5.32 Å². The predicted molar refractivity (Wildman–Crippen MR) is 166 cm³/mol. The second kappa shape index (κ2) is 11.9. The molecule has 4 rings (SSSR count). The van der Waals surface area contributed by atoms with Gasteiger partial charge in [0.15, 0.2) is 5.78 Å². The molecule has 8 heteroatoms. The van der Waals surface area contributed by atoms with Crippen molar-refractivity contribution in [2.75, 3.05) is 18.5 Å². The summed E-state index contributed by atoms with van der Waals surface area (Å²) >= 11 is 0. The lowest BCUT2D eigenvalue weighted by molar-refractivity contribution is -0.140. The summed E-state index contributed by atoms with van der Waals surface area (Å²) in [5.74, 6) is -0.196. The number of hydrogen-bond donors (Lipinski definition) is 3. The lowest BCUT2D eigenvalue weighted by atomic mass is 9.78. The third-order valence-electron chi connectivity index (χ3n) is 7.36. The first-order chi connectivity index (χ1) is 19.7. The third kappa shape index (κ3) is 6.59. The Morgan fingerprint density at radius 3 is 1.95 bits per heavy atom. The Balaban J connectivity index is 1.65. The fraction of sp³-hybridized carbons (Fsp3) is 0.382. The number of phenols is 1. The van der Waals surface area contributed by atoms with Crippen molar-refractivity contribution >= 4 is 28.5 Å². The van der Waals surface area contributed by atoms with Crippen molar-refractivity contribution < 1.29 is 19.4 Å². The number of imidazole rings is 1. The van der Waals surface area contributed by atoms with Gasteiger partial charge in [-0.1, -0.05) is 65.8 Å². The van der Waals surface area contributed by atoms with Crippen molar-refractivity contribution in [2.24, 2.45) is 0 Å². The van der Waals surface area contributed by atoms with Crippen molar-refractivity contribution in [3.8, 4) is 5.75 Å². The summed E-state index contributed by atoms with van der Waals surface area (Å²) in [6.07, 6.45) is 0. The summed E-state index contributed by atoms with van der Waals surface area (Å²) in [5, 5.41) is 23.2. The first-order valence-electron chi connectivity index (χ1n) is 14.3. The second-order valence-corrected chi connectivity index (χ2v) is 12.7. The molecule has 0 bridgehead atoms. The van der Waals surface area contributed by atoms with E-state index in [-0.39, 0.29) is 47.0 Å². The monoisotopic (exact) mass is 570 g/mol. The van der Waals surface area contributed by atoms with Crippen molar-refractivity contribution in [2.45, 2.75) is 72.4 Å². The van der Waals surface area contributed by atoms with Crippen LogP contribution >= 0.6 is 0 Å².